The molecule has 3 nitrogen and oxygen atoms in total. The average molecular weight is 443 g/mol. The molecule has 3 aromatic rings. The maximum absolute atomic E-state index is 9.75. The zero-order chi connectivity index (χ0) is 22.1. The van der Waals surface area contributed by atoms with Crippen molar-refractivity contribution < 1.29 is 26.7 Å². The molecule has 0 aliphatic heterocycles. The molecule has 0 aliphatic carbocycles. The van der Waals surface area contributed by atoms with Crippen LogP contribution in [-0.4, -0.2) is 38.3 Å². The SMILES string of the molecule is CCN(CC)CC[NH+]=c1cc(-c2ccc(Cl)cc2)oc2ccccc12.F[B-](F)(F)F. The minimum absolute atomic E-state index is 0.724. The lowest BCUT2D eigenvalue weighted by atomic mass is 10.1. The highest BCUT2D eigenvalue weighted by molar-refractivity contribution is 6.50. The Morgan fingerprint density at radius 2 is 1.57 bits per heavy atom. The Hall–Kier alpha value is -2.32. The zero-order valence-electron chi connectivity index (χ0n) is 16.8. The molecule has 2 aromatic carbocycles. The molecule has 162 valence electrons. The topological polar surface area (TPSA) is 30.4 Å². The van der Waals surface area contributed by atoms with Crippen LogP contribution in [0.2, 0.25) is 5.02 Å². The Morgan fingerprint density at radius 1 is 0.967 bits per heavy atom. The first-order valence-electron chi connectivity index (χ1n) is 9.66. The monoisotopic (exact) mass is 442 g/mol. The van der Waals surface area contributed by atoms with Gasteiger partial charge in [-0.25, -0.2) is 4.99 Å². The molecule has 1 N–H and O–H groups in total. The smallest absolute Gasteiger partial charge is 0.456 e. The van der Waals surface area contributed by atoms with Crippen LogP contribution in [-0.2, 0) is 0 Å². The molecule has 0 aliphatic rings. The minimum atomic E-state index is -6.00. The van der Waals surface area contributed by atoms with Gasteiger partial charge < -0.3 is 21.7 Å². The number of rotatable bonds is 6. The molecular formula is C21H24BClF4N2O. The molecule has 0 amide bonds. The second-order valence-electron chi connectivity index (χ2n) is 6.48. The quantitative estimate of drug-likeness (QED) is 0.454. The first kappa shape index (κ1) is 24.0. The van der Waals surface area contributed by atoms with E-state index in [0.29, 0.717) is 0 Å². The van der Waals surface area contributed by atoms with Crippen LogP contribution >= 0.6 is 11.6 Å². The summed E-state index contributed by atoms with van der Waals surface area (Å²) in [4.78, 5) is 5.99. The van der Waals surface area contributed by atoms with Gasteiger partial charge in [0.05, 0.1) is 18.0 Å². The van der Waals surface area contributed by atoms with Crippen LogP contribution < -0.4 is 10.3 Å². The molecule has 0 unspecified atom stereocenters. The number of halogens is 5. The van der Waals surface area contributed by atoms with Crippen molar-refractivity contribution in [2.45, 2.75) is 13.8 Å². The number of hydrogen-bond acceptors (Lipinski definition) is 2. The van der Waals surface area contributed by atoms with Gasteiger partial charge in [-0.1, -0.05) is 37.6 Å². The van der Waals surface area contributed by atoms with Crippen LogP contribution in [0.4, 0.5) is 17.3 Å². The fourth-order valence-electron chi connectivity index (χ4n) is 2.93. The summed E-state index contributed by atoms with van der Waals surface area (Å²) in [6, 6.07) is 17.9. The van der Waals surface area contributed by atoms with E-state index in [0.717, 1.165) is 58.9 Å². The maximum atomic E-state index is 9.75. The number of nitrogens with one attached hydrogen (secondary N) is 1. The molecule has 9 heteroatoms. The Balaban J connectivity index is 0.000000575. The van der Waals surface area contributed by atoms with Crippen molar-refractivity contribution in [1.29, 1.82) is 0 Å². The molecule has 0 bridgehead atoms. The van der Waals surface area contributed by atoms with E-state index < -0.39 is 7.25 Å². The highest BCUT2D eigenvalue weighted by Crippen LogP contribution is 2.23. The van der Waals surface area contributed by atoms with Gasteiger partial charge in [0.2, 0.25) is 5.36 Å². The van der Waals surface area contributed by atoms with Gasteiger partial charge in [0.25, 0.3) is 0 Å². The van der Waals surface area contributed by atoms with E-state index in [9.17, 15) is 17.3 Å². The molecule has 0 radical (unpaired) electrons. The number of para-hydroxylation sites is 1. The lowest BCUT2D eigenvalue weighted by Crippen LogP contribution is -2.78. The number of hydrogen-bond donors (Lipinski definition) is 1. The maximum Gasteiger partial charge on any atom is 0.673 e. The van der Waals surface area contributed by atoms with Crippen LogP contribution in [0.5, 0.6) is 0 Å². The molecule has 0 atom stereocenters. The third-order valence-electron chi connectivity index (χ3n) is 4.44. The van der Waals surface area contributed by atoms with Crippen molar-refractivity contribution in [2.24, 2.45) is 0 Å². The number of benzene rings is 2. The summed E-state index contributed by atoms with van der Waals surface area (Å²) in [6.07, 6.45) is 0. The van der Waals surface area contributed by atoms with Gasteiger partial charge in [-0.2, -0.15) is 0 Å². The molecule has 0 spiro atoms. The van der Waals surface area contributed by atoms with Gasteiger partial charge in [0.15, 0.2) is 6.54 Å². The van der Waals surface area contributed by atoms with Crippen LogP contribution in [0.25, 0.3) is 22.3 Å². The Labute approximate surface area is 178 Å². The van der Waals surface area contributed by atoms with Crippen molar-refractivity contribution >= 4 is 29.8 Å². The van der Waals surface area contributed by atoms with E-state index in [1.807, 2.05) is 42.5 Å². The zero-order valence-corrected chi connectivity index (χ0v) is 17.6. The predicted octanol–water partition coefficient (Wildman–Crippen LogP) is 4.38. The highest BCUT2D eigenvalue weighted by atomic mass is 35.5. The Kier molecular flexibility index (Phi) is 8.93. The molecule has 30 heavy (non-hydrogen) atoms. The molecule has 3 rings (SSSR count). The van der Waals surface area contributed by atoms with Crippen LogP contribution in [0.3, 0.4) is 0 Å². The summed E-state index contributed by atoms with van der Waals surface area (Å²) in [7, 11) is -6.00. The Bertz CT molecular complexity index is 996. The fourth-order valence-corrected chi connectivity index (χ4v) is 3.05. The van der Waals surface area contributed by atoms with Gasteiger partial charge in [-0.15, -0.1) is 0 Å². The van der Waals surface area contributed by atoms with Crippen molar-refractivity contribution in [1.82, 2.24) is 4.90 Å². The first-order valence-corrected chi connectivity index (χ1v) is 10.0. The van der Waals surface area contributed by atoms with Crippen LogP contribution in [0, 0.1) is 0 Å². The van der Waals surface area contributed by atoms with E-state index in [1.165, 1.54) is 0 Å². The molecule has 0 saturated heterocycles. The van der Waals surface area contributed by atoms with Crippen molar-refractivity contribution in [3.63, 3.8) is 0 Å². The third-order valence-corrected chi connectivity index (χ3v) is 4.69. The van der Waals surface area contributed by atoms with E-state index in [-0.39, 0.29) is 0 Å². The highest BCUT2D eigenvalue weighted by Gasteiger charge is 2.20. The summed E-state index contributed by atoms with van der Waals surface area (Å²) in [5.74, 6) is 0.834. The van der Waals surface area contributed by atoms with E-state index >= 15 is 0 Å². The van der Waals surface area contributed by atoms with Crippen molar-refractivity contribution in [3.8, 4) is 11.3 Å². The second kappa shape index (κ2) is 11.2. The summed E-state index contributed by atoms with van der Waals surface area (Å²) in [5, 5.41) is 2.92. The molecule has 0 saturated carbocycles. The molecule has 1 heterocycles. The van der Waals surface area contributed by atoms with Gasteiger partial charge in [0, 0.05) is 10.6 Å². The summed E-state index contributed by atoms with van der Waals surface area (Å²) in [5.41, 5.74) is 1.89. The number of nitrogens with zero attached hydrogens (tertiary/aromatic N) is 1. The van der Waals surface area contributed by atoms with Crippen molar-refractivity contribution in [3.05, 3.63) is 65.0 Å². The van der Waals surface area contributed by atoms with E-state index in [2.05, 4.69) is 35.9 Å². The average Bonchev–Trinajstić information content (AvgIpc) is 2.70. The Morgan fingerprint density at radius 3 is 2.17 bits per heavy atom. The molecule has 1 aromatic heterocycles. The summed E-state index contributed by atoms with van der Waals surface area (Å²) >= 11 is 6.00. The minimum Gasteiger partial charge on any atom is -0.456 e. The molecule has 0 fully saturated rings. The number of likely N-dealkylation sites (N-methyl/N-ethyl adjacent to an activating group) is 1. The second-order valence-corrected chi connectivity index (χ2v) is 6.91. The van der Waals surface area contributed by atoms with E-state index in [4.69, 9.17) is 16.0 Å². The first-order chi connectivity index (χ1) is 14.2. The van der Waals surface area contributed by atoms with Gasteiger partial charge in [-0.3, -0.25) is 4.90 Å². The van der Waals surface area contributed by atoms with Crippen molar-refractivity contribution in [2.75, 3.05) is 26.2 Å². The summed E-state index contributed by atoms with van der Waals surface area (Å²) in [6.45, 7) is 8.44. The largest absolute Gasteiger partial charge is 0.673 e. The summed E-state index contributed by atoms with van der Waals surface area (Å²) < 4.78 is 45.1. The third kappa shape index (κ3) is 7.84. The lowest BCUT2D eigenvalue weighted by molar-refractivity contribution is -0.499. The fraction of sp³-hybridized carbons (Fsp3) is 0.286. The van der Waals surface area contributed by atoms with Gasteiger partial charge in [0.1, 0.15) is 11.3 Å². The van der Waals surface area contributed by atoms with Gasteiger partial charge in [-0.05, 0) is 49.5 Å². The van der Waals surface area contributed by atoms with Crippen LogP contribution in [0.15, 0.2) is 59.0 Å². The normalized spacial score (nSPS) is 12.2. The predicted molar refractivity (Wildman–Crippen MR) is 114 cm³/mol. The van der Waals surface area contributed by atoms with E-state index in [1.54, 1.807) is 0 Å². The van der Waals surface area contributed by atoms with Gasteiger partial charge >= 0.3 is 7.25 Å². The molecular weight excluding hydrogens is 419 g/mol. The standard InChI is InChI=1S/C21H23ClN2O.BF4/c1-3-24(4-2)14-13-23-19-15-21(16-9-11-17(22)12-10-16)25-20-8-6-5-7-18(19)20;2-1(3,4)5/h5-12,15H,3-4,13-14H2,1-2H3;/q;-1/p+1. The lowest BCUT2D eigenvalue weighted by Gasteiger charge is -2.14. The van der Waals surface area contributed by atoms with Crippen LogP contribution in [0.1, 0.15) is 13.8 Å². The number of fused-ring (bicyclic) bond motifs is 1.